The van der Waals surface area contributed by atoms with E-state index in [1.807, 2.05) is 6.92 Å². The Bertz CT molecular complexity index is 1270. The molecule has 3 aliphatic rings. The second-order valence-corrected chi connectivity index (χ2v) is 12.2. The number of carboxylic acid groups (broad SMARTS) is 1. The van der Waals surface area contributed by atoms with Gasteiger partial charge < -0.3 is 29.3 Å². The van der Waals surface area contributed by atoms with Crippen molar-refractivity contribution in [3.63, 3.8) is 0 Å². The van der Waals surface area contributed by atoms with E-state index in [-0.39, 0.29) is 34.6 Å². The zero-order chi connectivity index (χ0) is 33.1. The van der Waals surface area contributed by atoms with Gasteiger partial charge in [-0.1, -0.05) is 19.1 Å². The maximum atomic E-state index is 13.2. The van der Waals surface area contributed by atoms with Gasteiger partial charge >= 0.3 is 24.3 Å². The molecule has 3 heterocycles. The minimum absolute atomic E-state index is 0.147. The maximum Gasteiger partial charge on any atom is 0.511 e. The molecule has 1 unspecified atom stereocenters. The van der Waals surface area contributed by atoms with Crippen molar-refractivity contribution in [2.24, 2.45) is 11.8 Å². The van der Waals surface area contributed by atoms with Crippen molar-refractivity contribution >= 4 is 35.8 Å². The van der Waals surface area contributed by atoms with Crippen LogP contribution in [0.1, 0.15) is 40.2 Å². The standard InChI is InChI=1S/C26H33FN2O7S.C2HF3O2/c1-13(2)34-26(33)36-16(5)35-25(32)22-23(14(3)21-20(15(4)30)24(31)29(21)22)37-19-11-28(12-19)10-17-6-8-18(27)9-7-17;3-2(4,5)1(6)7/h6-9,13-16,19-21,30H,10-12H2,1-5H3;(H,6,7)/t14-,15-,16?,20-,21-;/m1./s1. The quantitative estimate of drug-likeness (QED) is 0.174. The average molecular weight is 651 g/mol. The molecular formula is C28H34F4N2O9S. The molecular weight excluding hydrogens is 616 g/mol. The lowest BCUT2D eigenvalue weighted by Crippen LogP contribution is -2.63. The Morgan fingerprint density at radius 2 is 1.61 bits per heavy atom. The number of thioether (sulfide) groups is 1. The summed E-state index contributed by atoms with van der Waals surface area (Å²) in [5.74, 6) is -4.88. The summed E-state index contributed by atoms with van der Waals surface area (Å²) in [5, 5.41) is 17.5. The molecule has 1 amide bonds. The highest BCUT2D eigenvalue weighted by molar-refractivity contribution is 8.03. The van der Waals surface area contributed by atoms with Crippen LogP contribution in [0.5, 0.6) is 0 Å². The number of aliphatic carboxylic acids is 1. The number of esters is 1. The molecule has 0 aliphatic carbocycles. The van der Waals surface area contributed by atoms with Crippen molar-refractivity contribution in [3.05, 3.63) is 46.2 Å². The van der Waals surface area contributed by atoms with E-state index >= 15 is 0 Å². The Labute approximate surface area is 255 Å². The van der Waals surface area contributed by atoms with Gasteiger partial charge in [-0.2, -0.15) is 13.2 Å². The number of nitrogens with zero attached hydrogens (tertiary/aromatic N) is 2. The minimum Gasteiger partial charge on any atom is -0.475 e. The number of benzene rings is 1. The van der Waals surface area contributed by atoms with Crippen molar-refractivity contribution in [2.75, 3.05) is 13.1 Å². The number of aliphatic hydroxyl groups is 1. The predicted octanol–water partition coefficient (Wildman–Crippen LogP) is 3.90. The van der Waals surface area contributed by atoms with Crippen LogP contribution in [0.15, 0.2) is 34.9 Å². The van der Waals surface area contributed by atoms with Crippen LogP contribution in [0.4, 0.5) is 22.4 Å². The van der Waals surface area contributed by atoms with Gasteiger partial charge in [0, 0.05) is 42.6 Å². The lowest BCUT2D eigenvalue weighted by atomic mass is 9.79. The molecule has 1 aromatic rings. The Balaban J connectivity index is 0.000000676. The largest absolute Gasteiger partial charge is 0.511 e. The van der Waals surface area contributed by atoms with Gasteiger partial charge in [0.1, 0.15) is 11.5 Å². The Morgan fingerprint density at radius 1 is 1.05 bits per heavy atom. The number of rotatable bonds is 9. The lowest BCUT2D eigenvalue weighted by molar-refractivity contribution is -0.192. The molecule has 0 radical (unpaired) electrons. The Kier molecular flexibility index (Phi) is 11.3. The molecule has 16 heteroatoms. The van der Waals surface area contributed by atoms with Gasteiger partial charge in [0.05, 0.1) is 24.2 Å². The van der Waals surface area contributed by atoms with E-state index in [9.17, 15) is 37.1 Å². The molecule has 0 bridgehead atoms. The summed E-state index contributed by atoms with van der Waals surface area (Å²) in [5.41, 5.74) is 1.16. The molecule has 244 valence electrons. The third kappa shape index (κ3) is 8.41. The predicted molar refractivity (Wildman–Crippen MR) is 147 cm³/mol. The molecule has 1 aromatic carbocycles. The molecule has 11 nitrogen and oxygen atoms in total. The SMILES string of the molecule is CC(C)OC(=O)OC(C)OC(=O)C1=C(SC2CN(Cc3ccc(F)cc3)C2)[C@H](C)[C@@H]2[C@@H]([C@@H](C)O)C(=O)N12.O=C(O)C(F)(F)F. The first kappa shape index (κ1) is 35.1. The average Bonchev–Trinajstić information content (AvgIpc) is 3.10. The molecule has 2 saturated heterocycles. The minimum atomic E-state index is -5.08. The molecule has 44 heavy (non-hydrogen) atoms. The van der Waals surface area contributed by atoms with Gasteiger partial charge in [-0.25, -0.2) is 18.8 Å². The number of ether oxygens (including phenoxy) is 3. The number of aliphatic hydroxyl groups excluding tert-OH is 1. The van der Waals surface area contributed by atoms with E-state index in [0.717, 1.165) is 23.6 Å². The first-order valence-corrected chi connectivity index (χ1v) is 14.6. The van der Waals surface area contributed by atoms with E-state index in [0.29, 0.717) is 6.54 Å². The molecule has 0 spiro atoms. The molecule has 0 aromatic heterocycles. The summed E-state index contributed by atoms with van der Waals surface area (Å²) in [7, 11) is 0. The van der Waals surface area contributed by atoms with Crippen LogP contribution in [0.2, 0.25) is 0 Å². The monoisotopic (exact) mass is 650 g/mol. The fourth-order valence-corrected chi connectivity index (χ4v) is 6.59. The van der Waals surface area contributed by atoms with Crippen molar-refractivity contribution in [1.29, 1.82) is 0 Å². The first-order chi connectivity index (χ1) is 20.4. The number of β-lactam (4-membered cyclic amide) rings is 1. The van der Waals surface area contributed by atoms with Crippen LogP contribution in [-0.2, 0) is 35.1 Å². The topological polar surface area (TPSA) is 143 Å². The molecule has 4 rings (SSSR count). The summed E-state index contributed by atoms with van der Waals surface area (Å²) >= 11 is 1.54. The van der Waals surface area contributed by atoms with Crippen molar-refractivity contribution in [1.82, 2.24) is 9.80 Å². The highest BCUT2D eigenvalue weighted by atomic mass is 32.2. The lowest BCUT2D eigenvalue weighted by Gasteiger charge is -2.46. The van der Waals surface area contributed by atoms with E-state index in [2.05, 4.69) is 4.90 Å². The van der Waals surface area contributed by atoms with Gasteiger partial charge in [-0.15, -0.1) is 11.8 Å². The zero-order valence-corrected chi connectivity index (χ0v) is 25.4. The van der Waals surface area contributed by atoms with Crippen LogP contribution in [0.3, 0.4) is 0 Å². The third-order valence-corrected chi connectivity index (χ3v) is 8.40. The number of amides is 1. The number of carbonyl (C=O) groups is 4. The number of carboxylic acids is 1. The number of likely N-dealkylation sites (tertiary alicyclic amines) is 1. The summed E-state index contributed by atoms with van der Waals surface area (Å²) in [6.45, 7) is 10.5. The van der Waals surface area contributed by atoms with Crippen LogP contribution in [-0.4, -0.2) is 93.1 Å². The molecule has 0 saturated carbocycles. The van der Waals surface area contributed by atoms with Crippen LogP contribution >= 0.6 is 11.8 Å². The maximum absolute atomic E-state index is 13.2. The third-order valence-electron chi connectivity index (χ3n) is 6.95. The van der Waals surface area contributed by atoms with Gasteiger partial charge in [0.2, 0.25) is 12.2 Å². The summed E-state index contributed by atoms with van der Waals surface area (Å²) in [6, 6.07) is 6.07. The van der Waals surface area contributed by atoms with Crippen molar-refractivity contribution in [2.45, 2.75) is 77.1 Å². The number of carbonyl (C=O) groups excluding carboxylic acids is 3. The van der Waals surface area contributed by atoms with Crippen molar-refractivity contribution in [3.8, 4) is 0 Å². The highest BCUT2D eigenvalue weighted by Crippen LogP contribution is 2.52. The molecule has 2 N–H and O–H groups in total. The zero-order valence-electron chi connectivity index (χ0n) is 24.5. The fourth-order valence-electron chi connectivity index (χ4n) is 5.01. The number of halogens is 4. The number of alkyl halides is 3. The molecule has 3 aliphatic heterocycles. The second-order valence-electron chi connectivity index (χ2n) is 10.8. The Morgan fingerprint density at radius 3 is 2.11 bits per heavy atom. The second kappa shape index (κ2) is 14.2. The smallest absolute Gasteiger partial charge is 0.475 e. The molecule has 5 atom stereocenters. The first-order valence-electron chi connectivity index (χ1n) is 13.7. The van der Waals surface area contributed by atoms with E-state index in [1.54, 1.807) is 32.9 Å². The summed E-state index contributed by atoms with van der Waals surface area (Å²) in [4.78, 5) is 51.2. The summed E-state index contributed by atoms with van der Waals surface area (Å²) in [6.07, 6.45) is -8.49. The molecule has 2 fully saturated rings. The van der Waals surface area contributed by atoms with E-state index in [1.165, 1.54) is 35.7 Å². The highest BCUT2D eigenvalue weighted by Gasteiger charge is 2.60. The van der Waals surface area contributed by atoms with Crippen LogP contribution in [0, 0.1) is 17.7 Å². The Hall–Kier alpha value is -3.37. The number of hydrogen-bond acceptors (Lipinski definition) is 10. The van der Waals surface area contributed by atoms with Gasteiger partial charge in [-0.3, -0.25) is 9.69 Å². The van der Waals surface area contributed by atoms with Gasteiger partial charge in [0.15, 0.2) is 0 Å². The normalized spacial score (nSPS) is 23.1. The number of hydrogen-bond donors (Lipinski definition) is 2. The van der Waals surface area contributed by atoms with Gasteiger partial charge in [0.25, 0.3) is 0 Å². The number of fused-ring (bicyclic) bond motifs is 1. The van der Waals surface area contributed by atoms with Crippen LogP contribution < -0.4 is 0 Å². The van der Waals surface area contributed by atoms with Gasteiger partial charge in [-0.05, 0) is 38.5 Å². The fraction of sp³-hybridized carbons (Fsp3) is 0.571. The van der Waals surface area contributed by atoms with Crippen molar-refractivity contribution < 1.29 is 61.2 Å². The van der Waals surface area contributed by atoms with Crippen LogP contribution in [0.25, 0.3) is 0 Å². The van der Waals surface area contributed by atoms with E-state index in [4.69, 9.17) is 24.1 Å². The van der Waals surface area contributed by atoms with E-state index < -0.39 is 48.7 Å². The summed E-state index contributed by atoms with van der Waals surface area (Å²) < 4.78 is 60.2.